The van der Waals surface area contributed by atoms with E-state index in [0.29, 0.717) is 5.82 Å². The van der Waals surface area contributed by atoms with Crippen LogP contribution in [0.2, 0.25) is 0 Å². The Morgan fingerprint density at radius 2 is 1.75 bits per heavy atom. The van der Waals surface area contributed by atoms with Gasteiger partial charge in [-0.3, -0.25) is 14.3 Å². The van der Waals surface area contributed by atoms with Gasteiger partial charge in [-0.1, -0.05) is 6.92 Å². The number of ether oxygens (including phenoxy) is 2. The first-order valence-electron chi connectivity index (χ1n) is 6.69. The first kappa shape index (κ1) is 16.1. The maximum Gasteiger partial charge on any atom is 0.323 e. The Kier molecular flexibility index (Phi) is 5.66. The first-order valence-corrected chi connectivity index (χ1v) is 6.69. The largest absolute Gasteiger partial charge is 0.465 e. The van der Waals surface area contributed by atoms with Crippen molar-refractivity contribution >= 4 is 11.9 Å². The van der Waals surface area contributed by atoms with Crippen LogP contribution in [-0.4, -0.2) is 39.9 Å². The van der Waals surface area contributed by atoms with Gasteiger partial charge in [0.15, 0.2) is 5.41 Å². The van der Waals surface area contributed by atoms with E-state index >= 15 is 0 Å². The van der Waals surface area contributed by atoms with Crippen molar-refractivity contribution in [2.24, 2.45) is 12.5 Å². The Labute approximate surface area is 118 Å². The molecule has 0 fully saturated rings. The summed E-state index contributed by atoms with van der Waals surface area (Å²) >= 11 is 0. The second-order valence-electron chi connectivity index (χ2n) is 4.35. The first-order chi connectivity index (χ1) is 9.51. The zero-order chi connectivity index (χ0) is 15.2. The molecular formula is C13H21N3O4. The summed E-state index contributed by atoms with van der Waals surface area (Å²) in [5.74, 6) is -0.624. The molecule has 0 N–H and O–H groups in total. The number of carbonyl (C=O) groups excluding carboxylic acids is 2. The average molecular weight is 283 g/mol. The lowest BCUT2D eigenvalue weighted by molar-refractivity contribution is -0.172. The molecule has 1 heterocycles. The van der Waals surface area contributed by atoms with Gasteiger partial charge in [0, 0.05) is 13.5 Å². The van der Waals surface area contributed by atoms with Gasteiger partial charge in [0.2, 0.25) is 0 Å². The summed E-state index contributed by atoms with van der Waals surface area (Å²) in [5.41, 5.74) is -1.37. The molecule has 0 aliphatic heterocycles. The van der Waals surface area contributed by atoms with Crippen LogP contribution in [0.25, 0.3) is 0 Å². The van der Waals surface area contributed by atoms with Crippen LogP contribution < -0.4 is 0 Å². The SMILES string of the molecule is CCOC(=O)C(CC)(Cc1ncnn1C)C(=O)OCC. The molecule has 0 saturated carbocycles. The van der Waals surface area contributed by atoms with E-state index in [1.54, 1.807) is 27.8 Å². The fourth-order valence-corrected chi connectivity index (χ4v) is 1.93. The van der Waals surface area contributed by atoms with E-state index in [9.17, 15) is 9.59 Å². The molecule has 0 bridgehead atoms. The lowest BCUT2D eigenvalue weighted by atomic mass is 9.81. The van der Waals surface area contributed by atoms with Gasteiger partial charge in [0.1, 0.15) is 12.2 Å². The van der Waals surface area contributed by atoms with Crippen LogP contribution in [0.1, 0.15) is 33.0 Å². The summed E-state index contributed by atoms with van der Waals surface area (Å²) in [4.78, 5) is 28.6. The molecule has 0 unspecified atom stereocenters. The Morgan fingerprint density at radius 3 is 2.10 bits per heavy atom. The van der Waals surface area contributed by atoms with E-state index in [-0.39, 0.29) is 26.1 Å². The maximum atomic E-state index is 12.3. The van der Waals surface area contributed by atoms with E-state index in [0.717, 1.165) is 0 Å². The molecule has 112 valence electrons. The van der Waals surface area contributed by atoms with Crippen molar-refractivity contribution in [1.29, 1.82) is 0 Å². The smallest absolute Gasteiger partial charge is 0.323 e. The number of carbonyl (C=O) groups is 2. The number of aryl methyl sites for hydroxylation is 1. The van der Waals surface area contributed by atoms with Crippen molar-refractivity contribution in [3.05, 3.63) is 12.2 Å². The number of aromatic nitrogens is 3. The van der Waals surface area contributed by atoms with Gasteiger partial charge in [0.25, 0.3) is 0 Å². The van der Waals surface area contributed by atoms with Crippen molar-refractivity contribution in [2.75, 3.05) is 13.2 Å². The molecule has 0 aromatic carbocycles. The van der Waals surface area contributed by atoms with Crippen molar-refractivity contribution < 1.29 is 19.1 Å². The van der Waals surface area contributed by atoms with E-state index in [2.05, 4.69) is 10.1 Å². The van der Waals surface area contributed by atoms with Gasteiger partial charge in [-0.05, 0) is 20.3 Å². The van der Waals surface area contributed by atoms with Crippen molar-refractivity contribution in [2.45, 2.75) is 33.6 Å². The fraction of sp³-hybridized carbons (Fsp3) is 0.692. The third-order valence-electron chi connectivity index (χ3n) is 3.20. The maximum absolute atomic E-state index is 12.3. The molecular weight excluding hydrogens is 262 g/mol. The molecule has 0 atom stereocenters. The molecule has 0 saturated heterocycles. The van der Waals surface area contributed by atoms with Crippen LogP contribution in [0.15, 0.2) is 6.33 Å². The topological polar surface area (TPSA) is 83.3 Å². The predicted molar refractivity (Wildman–Crippen MR) is 70.7 cm³/mol. The highest BCUT2D eigenvalue weighted by atomic mass is 16.6. The summed E-state index contributed by atoms with van der Waals surface area (Å²) in [6, 6.07) is 0. The quantitative estimate of drug-likeness (QED) is 0.545. The van der Waals surface area contributed by atoms with Crippen LogP contribution >= 0.6 is 0 Å². The summed E-state index contributed by atoms with van der Waals surface area (Å²) in [6.45, 7) is 5.57. The summed E-state index contributed by atoms with van der Waals surface area (Å²) in [5, 5.41) is 3.95. The van der Waals surface area contributed by atoms with Crippen LogP contribution in [-0.2, 0) is 32.5 Å². The van der Waals surface area contributed by atoms with Gasteiger partial charge in [-0.25, -0.2) is 4.98 Å². The predicted octanol–water partition coefficient (Wildman–Crippen LogP) is 0.880. The van der Waals surface area contributed by atoms with Crippen molar-refractivity contribution in [3.63, 3.8) is 0 Å². The molecule has 7 nitrogen and oxygen atoms in total. The second-order valence-corrected chi connectivity index (χ2v) is 4.35. The van der Waals surface area contributed by atoms with E-state index < -0.39 is 17.4 Å². The molecule has 20 heavy (non-hydrogen) atoms. The number of hydrogen-bond donors (Lipinski definition) is 0. The van der Waals surface area contributed by atoms with E-state index in [1.807, 2.05) is 0 Å². The second kappa shape index (κ2) is 7.02. The van der Waals surface area contributed by atoms with Gasteiger partial charge in [-0.2, -0.15) is 5.10 Å². The Bertz CT molecular complexity index is 452. The third kappa shape index (κ3) is 3.15. The Balaban J connectivity index is 3.13. The Hall–Kier alpha value is -1.92. The zero-order valence-corrected chi connectivity index (χ0v) is 12.4. The number of nitrogens with zero attached hydrogens (tertiary/aromatic N) is 3. The highest BCUT2D eigenvalue weighted by molar-refractivity contribution is 6.00. The van der Waals surface area contributed by atoms with Gasteiger partial charge in [0.05, 0.1) is 13.2 Å². The molecule has 0 amide bonds. The standard InChI is InChI=1S/C13H21N3O4/c1-5-13(11(17)19-6-2,12(18)20-7-3)8-10-14-9-15-16(10)4/h9H,5-8H2,1-4H3. The molecule has 7 heteroatoms. The zero-order valence-electron chi connectivity index (χ0n) is 12.4. The number of esters is 2. The molecule has 0 aliphatic carbocycles. The van der Waals surface area contributed by atoms with Crippen LogP contribution in [0.4, 0.5) is 0 Å². The lowest BCUT2D eigenvalue weighted by Crippen LogP contribution is -2.44. The molecule has 0 aliphatic rings. The fourth-order valence-electron chi connectivity index (χ4n) is 1.93. The number of rotatable bonds is 7. The van der Waals surface area contributed by atoms with E-state index in [4.69, 9.17) is 9.47 Å². The third-order valence-corrected chi connectivity index (χ3v) is 3.20. The minimum Gasteiger partial charge on any atom is -0.465 e. The monoisotopic (exact) mass is 283 g/mol. The van der Waals surface area contributed by atoms with Crippen molar-refractivity contribution in [1.82, 2.24) is 14.8 Å². The van der Waals surface area contributed by atoms with Gasteiger partial charge < -0.3 is 9.47 Å². The highest BCUT2D eigenvalue weighted by Crippen LogP contribution is 2.30. The molecule has 0 radical (unpaired) electrons. The van der Waals surface area contributed by atoms with Crippen molar-refractivity contribution in [3.8, 4) is 0 Å². The van der Waals surface area contributed by atoms with Crippen LogP contribution in [0.5, 0.6) is 0 Å². The summed E-state index contributed by atoms with van der Waals surface area (Å²) in [7, 11) is 1.71. The van der Waals surface area contributed by atoms with Crippen LogP contribution in [0, 0.1) is 5.41 Å². The van der Waals surface area contributed by atoms with Gasteiger partial charge >= 0.3 is 11.9 Å². The molecule has 0 spiro atoms. The minimum absolute atomic E-state index is 0.109. The number of hydrogen-bond acceptors (Lipinski definition) is 6. The normalized spacial score (nSPS) is 11.2. The summed E-state index contributed by atoms with van der Waals surface area (Å²) in [6.07, 6.45) is 1.77. The molecule has 1 aromatic heterocycles. The van der Waals surface area contributed by atoms with Gasteiger partial charge in [-0.15, -0.1) is 0 Å². The summed E-state index contributed by atoms with van der Waals surface area (Å²) < 4.78 is 11.6. The highest BCUT2D eigenvalue weighted by Gasteiger charge is 2.48. The van der Waals surface area contributed by atoms with Crippen LogP contribution in [0.3, 0.4) is 0 Å². The average Bonchev–Trinajstić information content (AvgIpc) is 2.81. The molecule has 1 aromatic rings. The van der Waals surface area contributed by atoms with E-state index in [1.165, 1.54) is 11.0 Å². The Morgan fingerprint density at radius 1 is 1.20 bits per heavy atom. The lowest BCUT2D eigenvalue weighted by Gasteiger charge is -2.27. The minimum atomic E-state index is -1.37. The molecule has 1 rings (SSSR count).